The molecule has 0 atom stereocenters. The van der Waals surface area contributed by atoms with Crippen molar-refractivity contribution in [3.05, 3.63) is 59.4 Å². The van der Waals surface area contributed by atoms with E-state index in [9.17, 15) is 4.79 Å². The van der Waals surface area contributed by atoms with Crippen molar-refractivity contribution < 1.29 is 14.3 Å². The van der Waals surface area contributed by atoms with Crippen LogP contribution < -0.4 is 10.1 Å². The number of nitrogens with one attached hydrogen (secondary N) is 1. The van der Waals surface area contributed by atoms with Crippen molar-refractivity contribution in [3.63, 3.8) is 0 Å². The SMILES string of the molecule is CCOC1=C(c2cc(-c3ccc(OCCN4CCNCC4)cc3)ccc2C)C(=O)CC(C)(C)C1. The molecule has 0 radical (unpaired) electrons. The van der Waals surface area contributed by atoms with Crippen molar-refractivity contribution in [1.82, 2.24) is 10.2 Å². The first-order chi connectivity index (χ1) is 16.4. The molecule has 1 fully saturated rings. The molecule has 0 aromatic heterocycles. The number of aryl methyl sites for hydroxylation is 1. The Bertz CT molecular complexity index is 1030. The van der Waals surface area contributed by atoms with Crippen LogP contribution in [0.3, 0.4) is 0 Å². The van der Waals surface area contributed by atoms with Gasteiger partial charge in [-0.2, -0.15) is 0 Å². The lowest BCUT2D eigenvalue weighted by atomic mass is 9.74. The normalized spacial score (nSPS) is 18.8. The third kappa shape index (κ3) is 5.89. The van der Waals surface area contributed by atoms with Crippen LogP contribution in [-0.2, 0) is 9.53 Å². The lowest BCUT2D eigenvalue weighted by Gasteiger charge is -2.32. The second kappa shape index (κ2) is 10.7. The van der Waals surface area contributed by atoms with Crippen molar-refractivity contribution in [3.8, 4) is 16.9 Å². The standard InChI is InChI=1S/C29H38N2O3/c1-5-33-27-20-29(3,4)19-26(32)28(27)25-18-23(7-6-21(25)2)22-8-10-24(11-9-22)34-17-16-31-14-12-30-13-15-31/h6-11,18,30H,5,12-17,19-20H2,1-4H3. The number of hydrogen-bond acceptors (Lipinski definition) is 5. The maximum Gasteiger partial charge on any atom is 0.167 e. The summed E-state index contributed by atoms with van der Waals surface area (Å²) in [4.78, 5) is 15.6. The van der Waals surface area contributed by atoms with E-state index in [2.05, 4.69) is 61.3 Å². The highest BCUT2D eigenvalue weighted by molar-refractivity contribution is 6.22. The lowest BCUT2D eigenvalue weighted by Crippen LogP contribution is -2.44. The molecule has 0 saturated carbocycles. The summed E-state index contributed by atoms with van der Waals surface area (Å²) in [5, 5.41) is 3.38. The average molecular weight is 463 g/mol. The number of carbonyl (C=O) groups excluding carboxylic acids is 1. The fourth-order valence-electron chi connectivity index (χ4n) is 4.90. The van der Waals surface area contributed by atoms with E-state index in [1.54, 1.807) is 0 Å². The monoisotopic (exact) mass is 462 g/mol. The fourth-order valence-corrected chi connectivity index (χ4v) is 4.90. The Hall–Kier alpha value is -2.63. The second-order valence-corrected chi connectivity index (χ2v) is 10.2. The molecule has 1 N–H and O–H groups in total. The topological polar surface area (TPSA) is 50.8 Å². The van der Waals surface area contributed by atoms with Crippen LogP contribution in [0.15, 0.2) is 48.2 Å². The summed E-state index contributed by atoms with van der Waals surface area (Å²) in [7, 11) is 0. The highest BCUT2D eigenvalue weighted by atomic mass is 16.5. The van der Waals surface area contributed by atoms with Gasteiger partial charge in [0.25, 0.3) is 0 Å². The molecule has 2 aromatic rings. The molecule has 182 valence electrons. The van der Waals surface area contributed by atoms with Gasteiger partial charge in [-0.25, -0.2) is 0 Å². The Labute approximate surface area is 204 Å². The summed E-state index contributed by atoms with van der Waals surface area (Å²) in [5.74, 6) is 1.89. The van der Waals surface area contributed by atoms with Gasteiger partial charge in [-0.3, -0.25) is 9.69 Å². The maximum absolute atomic E-state index is 13.2. The molecule has 1 aliphatic heterocycles. The quantitative estimate of drug-likeness (QED) is 0.593. The van der Waals surface area contributed by atoms with Crippen molar-refractivity contribution >= 4 is 11.4 Å². The van der Waals surface area contributed by atoms with Crippen LogP contribution in [-0.4, -0.2) is 56.6 Å². The van der Waals surface area contributed by atoms with Gasteiger partial charge in [0, 0.05) is 45.6 Å². The van der Waals surface area contributed by atoms with Gasteiger partial charge in [-0.05, 0) is 59.7 Å². The van der Waals surface area contributed by atoms with Crippen LogP contribution in [0.5, 0.6) is 5.75 Å². The molecule has 34 heavy (non-hydrogen) atoms. The Balaban J connectivity index is 1.52. The van der Waals surface area contributed by atoms with E-state index in [1.807, 2.05) is 19.1 Å². The molecule has 2 aromatic carbocycles. The minimum absolute atomic E-state index is 0.0721. The summed E-state index contributed by atoms with van der Waals surface area (Å²) in [5.41, 5.74) is 4.96. The summed E-state index contributed by atoms with van der Waals surface area (Å²) in [6.45, 7) is 14.8. The van der Waals surface area contributed by atoms with Gasteiger partial charge in [0.15, 0.2) is 5.78 Å². The van der Waals surface area contributed by atoms with E-state index in [4.69, 9.17) is 9.47 Å². The molecule has 0 spiro atoms. The smallest absolute Gasteiger partial charge is 0.167 e. The number of rotatable bonds is 8. The lowest BCUT2D eigenvalue weighted by molar-refractivity contribution is -0.116. The number of hydrogen-bond donors (Lipinski definition) is 1. The molecule has 0 bridgehead atoms. The average Bonchev–Trinajstić information content (AvgIpc) is 2.81. The molecule has 1 aliphatic carbocycles. The van der Waals surface area contributed by atoms with Gasteiger partial charge in [-0.15, -0.1) is 0 Å². The van der Waals surface area contributed by atoms with Crippen molar-refractivity contribution in [1.29, 1.82) is 0 Å². The van der Waals surface area contributed by atoms with Gasteiger partial charge in [0.1, 0.15) is 18.1 Å². The van der Waals surface area contributed by atoms with Crippen molar-refractivity contribution in [2.45, 2.75) is 40.5 Å². The van der Waals surface area contributed by atoms with Crippen LogP contribution >= 0.6 is 0 Å². The highest BCUT2D eigenvalue weighted by Gasteiger charge is 2.35. The van der Waals surface area contributed by atoms with Crippen LogP contribution in [0, 0.1) is 12.3 Å². The van der Waals surface area contributed by atoms with Crippen LogP contribution in [0.2, 0.25) is 0 Å². The van der Waals surface area contributed by atoms with Crippen molar-refractivity contribution in [2.75, 3.05) is 45.9 Å². The molecule has 0 unspecified atom stereocenters. The van der Waals surface area contributed by atoms with E-state index in [0.29, 0.717) is 19.6 Å². The summed E-state index contributed by atoms with van der Waals surface area (Å²) in [6, 6.07) is 14.6. The molecular weight excluding hydrogens is 424 g/mol. The van der Waals surface area contributed by atoms with Gasteiger partial charge in [-0.1, -0.05) is 38.1 Å². The molecule has 5 nitrogen and oxygen atoms in total. The Morgan fingerprint density at radius 3 is 2.38 bits per heavy atom. The zero-order valence-electron chi connectivity index (χ0n) is 21.1. The van der Waals surface area contributed by atoms with Gasteiger partial charge in [0.05, 0.1) is 12.2 Å². The third-order valence-corrected chi connectivity index (χ3v) is 6.73. The van der Waals surface area contributed by atoms with E-state index >= 15 is 0 Å². The number of ketones is 1. The number of benzene rings is 2. The highest BCUT2D eigenvalue weighted by Crippen LogP contribution is 2.42. The fraction of sp³-hybridized carbons (Fsp3) is 0.483. The van der Waals surface area contributed by atoms with Crippen LogP contribution in [0.4, 0.5) is 0 Å². The summed E-state index contributed by atoms with van der Waals surface area (Å²) >= 11 is 0. The van der Waals surface area contributed by atoms with Gasteiger partial charge >= 0.3 is 0 Å². The van der Waals surface area contributed by atoms with Crippen LogP contribution in [0.25, 0.3) is 16.7 Å². The Morgan fingerprint density at radius 1 is 0.971 bits per heavy atom. The zero-order valence-corrected chi connectivity index (χ0v) is 21.1. The minimum atomic E-state index is -0.0721. The molecule has 4 rings (SSSR count). The number of ether oxygens (including phenoxy) is 2. The maximum atomic E-state index is 13.2. The molecule has 0 amide bonds. The van der Waals surface area contributed by atoms with E-state index in [-0.39, 0.29) is 11.2 Å². The summed E-state index contributed by atoms with van der Waals surface area (Å²) in [6.07, 6.45) is 1.33. The zero-order chi connectivity index (χ0) is 24.1. The Morgan fingerprint density at radius 2 is 1.68 bits per heavy atom. The molecule has 2 aliphatic rings. The molecular formula is C29H38N2O3. The minimum Gasteiger partial charge on any atom is -0.497 e. The third-order valence-electron chi connectivity index (χ3n) is 6.73. The number of nitrogens with zero attached hydrogens (tertiary/aromatic N) is 1. The first-order valence-electron chi connectivity index (χ1n) is 12.5. The van der Waals surface area contributed by atoms with E-state index in [1.165, 1.54) is 0 Å². The predicted molar refractivity (Wildman–Crippen MR) is 138 cm³/mol. The first-order valence-corrected chi connectivity index (χ1v) is 12.5. The number of allylic oxidation sites excluding steroid dienone is 2. The first kappa shape index (κ1) is 24.5. The molecule has 1 heterocycles. The predicted octanol–water partition coefficient (Wildman–Crippen LogP) is 5.08. The van der Waals surface area contributed by atoms with E-state index in [0.717, 1.165) is 78.5 Å². The van der Waals surface area contributed by atoms with Gasteiger partial charge < -0.3 is 14.8 Å². The van der Waals surface area contributed by atoms with E-state index < -0.39 is 0 Å². The largest absolute Gasteiger partial charge is 0.497 e. The second-order valence-electron chi connectivity index (χ2n) is 10.2. The Kier molecular flexibility index (Phi) is 7.74. The summed E-state index contributed by atoms with van der Waals surface area (Å²) < 4.78 is 12.0. The number of carbonyl (C=O) groups is 1. The van der Waals surface area contributed by atoms with Crippen LogP contribution in [0.1, 0.15) is 44.7 Å². The van der Waals surface area contributed by atoms with Crippen molar-refractivity contribution in [2.24, 2.45) is 5.41 Å². The number of Topliss-reactive ketones (excluding diaryl/α,β-unsaturated/α-hetero) is 1. The number of piperazine rings is 1. The van der Waals surface area contributed by atoms with Gasteiger partial charge in [0.2, 0.25) is 0 Å². The molecule has 5 heteroatoms. The molecule has 1 saturated heterocycles.